The highest BCUT2D eigenvalue weighted by atomic mass is 16.4. The van der Waals surface area contributed by atoms with Crippen LogP contribution in [0.1, 0.15) is 12.7 Å². The summed E-state index contributed by atoms with van der Waals surface area (Å²) in [6.45, 7) is 2.59. The second-order valence-corrected chi connectivity index (χ2v) is 3.64. The Hall–Kier alpha value is -1.33. The SMILES string of the molecule is CC(O)CN(C)Cc1cc(=O)c(O)co1. The van der Waals surface area contributed by atoms with Gasteiger partial charge in [-0.25, -0.2) is 0 Å². The summed E-state index contributed by atoms with van der Waals surface area (Å²) in [7, 11) is 1.81. The standard InChI is InChI=1S/C10H15NO4/c1-7(12)4-11(2)5-8-3-9(13)10(14)6-15-8/h3,6-7,12,14H,4-5H2,1-2H3. The molecule has 0 amide bonds. The monoisotopic (exact) mass is 213 g/mol. The van der Waals surface area contributed by atoms with Gasteiger partial charge in [0.2, 0.25) is 5.43 Å². The van der Waals surface area contributed by atoms with E-state index in [0.29, 0.717) is 18.8 Å². The summed E-state index contributed by atoms with van der Waals surface area (Å²) in [6.07, 6.45) is 0.590. The van der Waals surface area contributed by atoms with Crippen molar-refractivity contribution in [3.8, 4) is 5.75 Å². The van der Waals surface area contributed by atoms with Crippen LogP contribution in [0.3, 0.4) is 0 Å². The van der Waals surface area contributed by atoms with Crippen molar-refractivity contribution in [3.05, 3.63) is 28.3 Å². The van der Waals surface area contributed by atoms with Crippen LogP contribution in [-0.2, 0) is 6.54 Å². The highest BCUT2D eigenvalue weighted by Gasteiger charge is 2.07. The first-order valence-electron chi connectivity index (χ1n) is 4.66. The quantitative estimate of drug-likeness (QED) is 0.745. The van der Waals surface area contributed by atoms with Crippen molar-refractivity contribution in [1.82, 2.24) is 4.90 Å². The lowest BCUT2D eigenvalue weighted by Crippen LogP contribution is -2.27. The molecule has 0 saturated heterocycles. The van der Waals surface area contributed by atoms with E-state index in [0.717, 1.165) is 6.26 Å². The molecule has 1 rings (SSSR count). The molecule has 5 heteroatoms. The van der Waals surface area contributed by atoms with Crippen LogP contribution < -0.4 is 5.43 Å². The summed E-state index contributed by atoms with van der Waals surface area (Å²) < 4.78 is 5.02. The molecule has 1 aromatic heterocycles. The third-order valence-electron chi connectivity index (χ3n) is 1.87. The normalized spacial score (nSPS) is 13.1. The molecule has 0 bridgehead atoms. The van der Waals surface area contributed by atoms with E-state index < -0.39 is 17.3 Å². The molecule has 5 nitrogen and oxygen atoms in total. The second-order valence-electron chi connectivity index (χ2n) is 3.64. The summed E-state index contributed by atoms with van der Waals surface area (Å²) in [5.41, 5.74) is -0.457. The van der Waals surface area contributed by atoms with E-state index >= 15 is 0 Å². The van der Waals surface area contributed by atoms with Crippen LogP contribution in [0.5, 0.6) is 5.75 Å². The Bertz CT molecular complexity index is 372. The van der Waals surface area contributed by atoms with Crippen LogP contribution in [0.2, 0.25) is 0 Å². The van der Waals surface area contributed by atoms with Gasteiger partial charge in [0, 0.05) is 12.6 Å². The minimum atomic E-state index is -0.457. The van der Waals surface area contributed by atoms with E-state index in [1.54, 1.807) is 14.0 Å². The molecule has 0 aliphatic rings. The Morgan fingerprint density at radius 1 is 1.60 bits per heavy atom. The topological polar surface area (TPSA) is 73.9 Å². The van der Waals surface area contributed by atoms with Gasteiger partial charge in [-0.3, -0.25) is 9.69 Å². The number of rotatable bonds is 4. The third-order valence-corrected chi connectivity index (χ3v) is 1.87. The van der Waals surface area contributed by atoms with Gasteiger partial charge in [-0.2, -0.15) is 0 Å². The fourth-order valence-electron chi connectivity index (χ4n) is 1.31. The van der Waals surface area contributed by atoms with Crippen LogP contribution in [0.25, 0.3) is 0 Å². The van der Waals surface area contributed by atoms with Crippen molar-refractivity contribution < 1.29 is 14.6 Å². The molecule has 0 aromatic carbocycles. The lowest BCUT2D eigenvalue weighted by Gasteiger charge is -2.17. The van der Waals surface area contributed by atoms with Crippen LogP contribution in [0, 0.1) is 0 Å². The molecule has 1 aromatic rings. The maximum absolute atomic E-state index is 11.1. The van der Waals surface area contributed by atoms with Gasteiger partial charge >= 0.3 is 0 Å². The minimum Gasteiger partial charge on any atom is -0.502 e. The maximum atomic E-state index is 11.1. The molecule has 1 heterocycles. The second kappa shape index (κ2) is 4.95. The predicted molar refractivity (Wildman–Crippen MR) is 54.7 cm³/mol. The van der Waals surface area contributed by atoms with Crippen molar-refractivity contribution >= 4 is 0 Å². The first kappa shape index (κ1) is 11.7. The largest absolute Gasteiger partial charge is 0.502 e. The molecule has 15 heavy (non-hydrogen) atoms. The van der Waals surface area contributed by atoms with Gasteiger partial charge in [0.1, 0.15) is 12.0 Å². The van der Waals surface area contributed by atoms with Gasteiger partial charge in [-0.15, -0.1) is 0 Å². The Labute approximate surface area is 87.6 Å². The molecule has 0 fully saturated rings. The van der Waals surface area contributed by atoms with Crippen LogP contribution >= 0.6 is 0 Å². The fourth-order valence-corrected chi connectivity index (χ4v) is 1.31. The van der Waals surface area contributed by atoms with Crippen molar-refractivity contribution in [2.24, 2.45) is 0 Å². The first-order valence-corrected chi connectivity index (χ1v) is 4.66. The molecule has 84 valence electrons. The highest BCUT2D eigenvalue weighted by Crippen LogP contribution is 2.05. The molecule has 2 N–H and O–H groups in total. The first-order chi connectivity index (χ1) is 6.99. The molecule has 0 spiro atoms. The van der Waals surface area contributed by atoms with E-state index in [4.69, 9.17) is 14.6 Å². The fraction of sp³-hybridized carbons (Fsp3) is 0.500. The average Bonchev–Trinajstić information content (AvgIpc) is 2.10. The van der Waals surface area contributed by atoms with E-state index in [2.05, 4.69) is 0 Å². The van der Waals surface area contributed by atoms with Crippen molar-refractivity contribution in [2.45, 2.75) is 19.6 Å². The molecule has 0 radical (unpaired) electrons. The Kier molecular flexibility index (Phi) is 3.88. The smallest absolute Gasteiger partial charge is 0.226 e. The molecular formula is C10H15NO4. The minimum absolute atomic E-state index is 0.392. The van der Waals surface area contributed by atoms with Crippen molar-refractivity contribution in [2.75, 3.05) is 13.6 Å². The number of likely N-dealkylation sites (N-methyl/N-ethyl adjacent to an activating group) is 1. The van der Waals surface area contributed by atoms with Crippen LogP contribution in [0.15, 0.2) is 21.5 Å². The molecule has 1 unspecified atom stereocenters. The molecule has 0 aliphatic heterocycles. The number of hydrogen-bond donors (Lipinski definition) is 2. The molecule has 0 aliphatic carbocycles. The number of hydrogen-bond acceptors (Lipinski definition) is 5. The van der Waals surface area contributed by atoms with E-state index in [9.17, 15) is 4.79 Å². The number of aromatic hydroxyl groups is 1. The lowest BCUT2D eigenvalue weighted by atomic mass is 10.3. The van der Waals surface area contributed by atoms with Gasteiger partial charge in [-0.05, 0) is 14.0 Å². The van der Waals surface area contributed by atoms with Gasteiger partial charge in [0.05, 0.1) is 12.6 Å². The number of aliphatic hydroxyl groups excluding tert-OH is 1. The summed E-state index contributed by atoms with van der Waals surface area (Å²) >= 11 is 0. The Balaban J connectivity index is 2.65. The van der Waals surface area contributed by atoms with E-state index in [1.165, 1.54) is 6.07 Å². The Morgan fingerprint density at radius 2 is 2.27 bits per heavy atom. The molecule has 0 saturated carbocycles. The molecular weight excluding hydrogens is 198 g/mol. The van der Waals surface area contributed by atoms with Gasteiger partial charge in [-0.1, -0.05) is 0 Å². The van der Waals surface area contributed by atoms with Crippen LogP contribution in [-0.4, -0.2) is 34.8 Å². The summed E-state index contributed by atoms with van der Waals surface area (Å²) in [4.78, 5) is 12.9. The third kappa shape index (κ3) is 3.73. The average molecular weight is 213 g/mol. The van der Waals surface area contributed by atoms with Crippen molar-refractivity contribution in [1.29, 1.82) is 0 Å². The zero-order valence-electron chi connectivity index (χ0n) is 8.80. The molecule has 1 atom stereocenters. The maximum Gasteiger partial charge on any atom is 0.226 e. The lowest BCUT2D eigenvalue weighted by molar-refractivity contribution is 0.134. The van der Waals surface area contributed by atoms with Gasteiger partial charge in [0.15, 0.2) is 5.75 Å². The summed E-state index contributed by atoms with van der Waals surface area (Å²) in [6, 6.07) is 1.24. The number of aliphatic hydroxyl groups is 1. The van der Waals surface area contributed by atoms with Crippen molar-refractivity contribution in [3.63, 3.8) is 0 Å². The van der Waals surface area contributed by atoms with Gasteiger partial charge < -0.3 is 14.6 Å². The van der Waals surface area contributed by atoms with Crippen LogP contribution in [0.4, 0.5) is 0 Å². The predicted octanol–water partition coefficient (Wildman–Crippen LogP) is 0.158. The van der Waals surface area contributed by atoms with E-state index in [1.807, 2.05) is 4.90 Å². The summed E-state index contributed by atoms with van der Waals surface area (Å²) in [5.74, 6) is 0.0675. The van der Waals surface area contributed by atoms with Gasteiger partial charge in [0.25, 0.3) is 0 Å². The summed E-state index contributed by atoms with van der Waals surface area (Å²) in [5, 5.41) is 18.1. The number of nitrogens with zero attached hydrogens (tertiary/aromatic N) is 1. The zero-order valence-corrected chi connectivity index (χ0v) is 8.80. The Morgan fingerprint density at radius 3 is 2.80 bits per heavy atom. The zero-order chi connectivity index (χ0) is 11.4. The van der Waals surface area contributed by atoms with E-state index in [-0.39, 0.29) is 0 Å². The highest BCUT2D eigenvalue weighted by molar-refractivity contribution is 5.15.